The largest absolute Gasteiger partial charge is 0.478 e. The Kier molecular flexibility index (Phi) is 6.88. The zero-order chi connectivity index (χ0) is 22.9. The van der Waals surface area contributed by atoms with Gasteiger partial charge in [-0.25, -0.2) is 9.18 Å². The molecule has 0 saturated carbocycles. The first-order valence-electron chi connectivity index (χ1n) is 9.87. The summed E-state index contributed by atoms with van der Waals surface area (Å²) in [4.78, 5) is 23.8. The van der Waals surface area contributed by atoms with E-state index in [4.69, 9.17) is 5.11 Å². The highest BCUT2D eigenvalue weighted by Crippen LogP contribution is 2.22. The lowest BCUT2D eigenvalue weighted by Crippen LogP contribution is -2.46. The van der Waals surface area contributed by atoms with Gasteiger partial charge in [0.15, 0.2) is 0 Å². The van der Waals surface area contributed by atoms with Crippen LogP contribution < -0.4 is 15.7 Å². The van der Waals surface area contributed by atoms with E-state index in [1.165, 1.54) is 29.4 Å². The van der Waals surface area contributed by atoms with E-state index in [0.717, 1.165) is 6.08 Å². The second-order valence-corrected chi connectivity index (χ2v) is 19.8. The number of carboxylic acids is 1. The molecule has 160 valence electrons. The van der Waals surface area contributed by atoms with E-state index in [2.05, 4.69) is 50.7 Å². The van der Waals surface area contributed by atoms with Crippen molar-refractivity contribution >= 4 is 49.7 Å². The molecule has 2 N–H and O–H groups in total. The van der Waals surface area contributed by atoms with Crippen LogP contribution in [0.4, 0.5) is 10.1 Å². The predicted molar refractivity (Wildman–Crippen MR) is 128 cm³/mol. The molecule has 30 heavy (non-hydrogen) atoms. The minimum atomic E-state index is -1.63. The van der Waals surface area contributed by atoms with Crippen molar-refractivity contribution in [3.63, 3.8) is 0 Å². The van der Waals surface area contributed by atoms with Gasteiger partial charge in [0.25, 0.3) is 5.91 Å². The van der Waals surface area contributed by atoms with Crippen molar-refractivity contribution in [2.24, 2.45) is 0 Å². The van der Waals surface area contributed by atoms with E-state index in [9.17, 15) is 14.0 Å². The van der Waals surface area contributed by atoms with Crippen molar-refractivity contribution in [1.82, 2.24) is 0 Å². The van der Waals surface area contributed by atoms with Crippen LogP contribution in [-0.2, 0) is 4.79 Å². The number of anilines is 1. The number of carbonyl (C=O) groups is 2. The molecule has 1 amide bonds. The number of amides is 1. The quantitative estimate of drug-likeness (QED) is 0.504. The summed E-state index contributed by atoms with van der Waals surface area (Å²) in [6.07, 6.45) is 0.955. The van der Waals surface area contributed by atoms with Gasteiger partial charge in [-0.05, 0) is 30.7 Å². The number of nitrogens with one attached hydrogen (secondary N) is 1. The lowest BCUT2D eigenvalue weighted by molar-refractivity contribution is -0.131. The first-order chi connectivity index (χ1) is 13.7. The summed E-state index contributed by atoms with van der Waals surface area (Å²) >= 11 is 0. The van der Waals surface area contributed by atoms with E-state index in [-0.39, 0.29) is 11.5 Å². The van der Waals surface area contributed by atoms with Gasteiger partial charge in [-0.1, -0.05) is 67.9 Å². The second kappa shape index (κ2) is 8.69. The molecule has 2 aromatic rings. The summed E-state index contributed by atoms with van der Waals surface area (Å²) in [5, 5.41) is 14.1. The molecule has 0 radical (unpaired) electrons. The van der Waals surface area contributed by atoms with Gasteiger partial charge >= 0.3 is 5.97 Å². The van der Waals surface area contributed by atoms with Gasteiger partial charge in [0.05, 0.1) is 16.1 Å². The average molecular weight is 444 g/mol. The molecule has 0 bridgehead atoms. The monoisotopic (exact) mass is 443 g/mol. The third-order valence-corrected chi connectivity index (χ3v) is 8.96. The first kappa shape index (κ1) is 23.8. The minimum Gasteiger partial charge on any atom is -0.478 e. The van der Waals surface area contributed by atoms with Crippen LogP contribution in [0.15, 0.2) is 42.5 Å². The van der Waals surface area contributed by atoms with Crippen LogP contribution in [-0.4, -0.2) is 33.1 Å². The molecule has 0 spiro atoms. The summed E-state index contributed by atoms with van der Waals surface area (Å²) in [5.74, 6) is -1.99. The number of carbonyl (C=O) groups excluding carboxylic acids is 1. The highest BCUT2D eigenvalue weighted by Gasteiger charge is 2.24. The number of aliphatic carboxylic acids is 1. The van der Waals surface area contributed by atoms with Gasteiger partial charge in [-0.3, -0.25) is 4.79 Å². The highest BCUT2D eigenvalue weighted by molar-refractivity contribution is 6.91. The van der Waals surface area contributed by atoms with E-state index >= 15 is 0 Å². The average Bonchev–Trinajstić information content (AvgIpc) is 2.59. The number of rotatable bonds is 6. The maximum Gasteiger partial charge on any atom is 0.328 e. The number of allylic oxidation sites excluding steroid dienone is 1. The van der Waals surface area contributed by atoms with Gasteiger partial charge in [0.2, 0.25) is 0 Å². The van der Waals surface area contributed by atoms with Crippen molar-refractivity contribution < 1.29 is 19.1 Å². The fourth-order valence-corrected chi connectivity index (χ4v) is 5.50. The smallest absolute Gasteiger partial charge is 0.328 e. The molecule has 0 aliphatic carbocycles. The standard InChI is InChI=1S/C23H30FNO3Si2/c1-15(10-22(26)27)20-9-8-17(13-21(20)24)25-23(28)16-11-18(29(2,3)4)14-19(12-16)30(5,6)7/h8-14H,1-7H3,(H,25,28)(H,26,27)/b15-10+. The fraction of sp³-hybridized carbons (Fsp3) is 0.304. The van der Waals surface area contributed by atoms with Crippen molar-refractivity contribution in [2.45, 2.75) is 46.2 Å². The Morgan fingerprint density at radius 3 is 1.90 bits per heavy atom. The minimum absolute atomic E-state index is 0.192. The van der Waals surface area contributed by atoms with Crippen molar-refractivity contribution in [3.05, 3.63) is 59.4 Å². The van der Waals surface area contributed by atoms with E-state index in [1.54, 1.807) is 6.07 Å². The topological polar surface area (TPSA) is 66.4 Å². The number of halogens is 1. The summed E-state index contributed by atoms with van der Waals surface area (Å²) in [6.45, 7) is 15.0. The van der Waals surface area contributed by atoms with Gasteiger partial charge in [-0.15, -0.1) is 0 Å². The Bertz CT molecular complexity index is 986. The zero-order valence-corrected chi connectivity index (χ0v) is 20.7. The number of benzene rings is 2. The van der Waals surface area contributed by atoms with Gasteiger partial charge in [0.1, 0.15) is 5.82 Å². The summed E-state index contributed by atoms with van der Waals surface area (Å²) < 4.78 is 14.5. The third kappa shape index (κ3) is 5.99. The van der Waals surface area contributed by atoms with Crippen molar-refractivity contribution in [2.75, 3.05) is 5.32 Å². The van der Waals surface area contributed by atoms with E-state index in [1.807, 2.05) is 12.1 Å². The Morgan fingerprint density at radius 1 is 0.933 bits per heavy atom. The first-order valence-corrected chi connectivity index (χ1v) is 16.9. The Labute approximate surface area is 179 Å². The molecule has 2 rings (SSSR count). The van der Waals surface area contributed by atoms with Gasteiger partial charge in [-0.2, -0.15) is 0 Å². The fourth-order valence-electron chi connectivity index (χ4n) is 3.00. The molecule has 0 aromatic heterocycles. The molecule has 0 heterocycles. The number of hydrogen-bond donors (Lipinski definition) is 2. The SMILES string of the molecule is C/C(=C\C(=O)O)c1ccc(NC(=O)c2cc([Si](C)(C)C)cc([Si](C)(C)C)c2)cc1F. The maximum atomic E-state index is 14.5. The van der Waals surface area contributed by atoms with Gasteiger partial charge in [0, 0.05) is 22.9 Å². The predicted octanol–water partition coefficient (Wildman–Crippen LogP) is 4.66. The van der Waals surface area contributed by atoms with Crippen LogP contribution in [0, 0.1) is 5.82 Å². The van der Waals surface area contributed by atoms with Crippen LogP contribution in [0.2, 0.25) is 39.3 Å². The third-order valence-electron chi connectivity index (χ3n) is 4.92. The van der Waals surface area contributed by atoms with Crippen LogP contribution >= 0.6 is 0 Å². The summed E-state index contributed by atoms with van der Waals surface area (Å²) in [5.41, 5.74) is 1.41. The molecular weight excluding hydrogens is 413 g/mol. The molecule has 7 heteroatoms. The van der Waals surface area contributed by atoms with Crippen molar-refractivity contribution in [3.8, 4) is 0 Å². The normalized spacial score (nSPS) is 12.6. The van der Waals surface area contributed by atoms with Crippen LogP contribution in [0.1, 0.15) is 22.8 Å². The highest BCUT2D eigenvalue weighted by atomic mass is 28.3. The second-order valence-electron chi connectivity index (χ2n) is 9.61. The number of hydrogen-bond acceptors (Lipinski definition) is 2. The number of carboxylic acid groups (broad SMARTS) is 1. The molecule has 0 atom stereocenters. The lowest BCUT2D eigenvalue weighted by atomic mass is 10.1. The van der Waals surface area contributed by atoms with Crippen LogP contribution in [0.25, 0.3) is 5.57 Å². The Morgan fingerprint density at radius 2 is 1.47 bits per heavy atom. The Balaban J connectivity index is 2.38. The Hall–Kier alpha value is -2.52. The zero-order valence-electron chi connectivity index (χ0n) is 18.7. The van der Waals surface area contributed by atoms with Crippen molar-refractivity contribution in [1.29, 1.82) is 0 Å². The molecular formula is C23H30FNO3Si2. The lowest BCUT2D eigenvalue weighted by Gasteiger charge is -2.24. The molecule has 0 aliphatic heterocycles. The maximum absolute atomic E-state index is 14.5. The van der Waals surface area contributed by atoms with E-state index < -0.39 is 27.9 Å². The molecule has 0 unspecified atom stereocenters. The summed E-state index contributed by atoms with van der Waals surface area (Å²) in [6, 6.07) is 10.4. The molecule has 0 fully saturated rings. The molecule has 4 nitrogen and oxygen atoms in total. The van der Waals surface area contributed by atoms with E-state index in [0.29, 0.717) is 16.8 Å². The van der Waals surface area contributed by atoms with Gasteiger partial charge < -0.3 is 10.4 Å². The molecule has 0 aliphatic rings. The van der Waals surface area contributed by atoms with Crippen LogP contribution in [0.5, 0.6) is 0 Å². The molecule has 0 saturated heterocycles. The van der Waals surface area contributed by atoms with Crippen LogP contribution in [0.3, 0.4) is 0 Å². The molecule has 2 aromatic carbocycles. The summed E-state index contributed by atoms with van der Waals surface area (Å²) in [7, 11) is -3.25.